The minimum absolute atomic E-state index is 0.00813. The molecule has 1 N–H and O–H groups in total. The molecule has 10 heteroatoms. The van der Waals surface area contributed by atoms with E-state index < -0.39 is 16.6 Å². The number of nitrogens with zero attached hydrogens (tertiary/aromatic N) is 3. The fourth-order valence-electron chi connectivity index (χ4n) is 2.35. The molecule has 0 spiro atoms. The van der Waals surface area contributed by atoms with Crippen molar-refractivity contribution in [2.45, 2.75) is 13.7 Å². The number of benzene rings is 2. The zero-order valence-electron chi connectivity index (χ0n) is 14.6. The SMILES string of the molecule is Cc1cc([N+](=O)[O-])ccc1NC(=O)c1ccn(COc2ccc(F)c(Cl)c2)n1. The number of hydrogen-bond acceptors (Lipinski definition) is 5. The first-order chi connectivity index (χ1) is 13.3. The van der Waals surface area contributed by atoms with Gasteiger partial charge < -0.3 is 10.1 Å². The number of amides is 1. The first-order valence-corrected chi connectivity index (χ1v) is 8.39. The Morgan fingerprint density at radius 2 is 2.11 bits per heavy atom. The van der Waals surface area contributed by atoms with Crippen LogP contribution >= 0.6 is 11.6 Å². The Bertz CT molecular complexity index is 1050. The second-order valence-corrected chi connectivity index (χ2v) is 6.21. The summed E-state index contributed by atoms with van der Waals surface area (Å²) in [6.45, 7) is 1.65. The zero-order chi connectivity index (χ0) is 20.3. The van der Waals surface area contributed by atoms with Gasteiger partial charge in [-0.25, -0.2) is 9.07 Å². The van der Waals surface area contributed by atoms with Crippen molar-refractivity contribution in [3.63, 3.8) is 0 Å². The van der Waals surface area contributed by atoms with Crippen molar-refractivity contribution >= 4 is 28.9 Å². The van der Waals surface area contributed by atoms with E-state index in [1.807, 2.05) is 0 Å². The van der Waals surface area contributed by atoms with E-state index in [1.165, 1.54) is 47.1 Å². The molecule has 0 bridgehead atoms. The lowest BCUT2D eigenvalue weighted by Crippen LogP contribution is -2.15. The van der Waals surface area contributed by atoms with Gasteiger partial charge in [-0.15, -0.1) is 0 Å². The number of nitrogens with one attached hydrogen (secondary N) is 1. The van der Waals surface area contributed by atoms with Crippen LogP contribution < -0.4 is 10.1 Å². The van der Waals surface area contributed by atoms with Gasteiger partial charge in [0.1, 0.15) is 11.6 Å². The van der Waals surface area contributed by atoms with E-state index in [0.29, 0.717) is 17.0 Å². The minimum atomic E-state index is -0.548. The van der Waals surface area contributed by atoms with E-state index in [4.69, 9.17) is 16.3 Å². The molecular weight excluding hydrogens is 391 g/mol. The molecule has 0 aliphatic rings. The molecule has 1 heterocycles. The summed E-state index contributed by atoms with van der Waals surface area (Å²) in [6, 6.07) is 9.59. The molecule has 0 saturated heterocycles. The van der Waals surface area contributed by atoms with E-state index in [2.05, 4.69) is 10.4 Å². The first-order valence-electron chi connectivity index (χ1n) is 8.01. The van der Waals surface area contributed by atoms with Gasteiger partial charge in [-0.1, -0.05) is 11.6 Å². The number of ether oxygens (including phenoxy) is 1. The van der Waals surface area contributed by atoms with Crippen LogP contribution in [-0.2, 0) is 6.73 Å². The van der Waals surface area contributed by atoms with Crippen molar-refractivity contribution in [1.82, 2.24) is 9.78 Å². The van der Waals surface area contributed by atoms with Crippen LogP contribution in [0.1, 0.15) is 16.1 Å². The Labute approximate surface area is 163 Å². The van der Waals surface area contributed by atoms with E-state index in [0.717, 1.165) is 0 Å². The number of carbonyl (C=O) groups is 1. The van der Waals surface area contributed by atoms with Crippen molar-refractivity contribution in [2.75, 3.05) is 5.32 Å². The predicted octanol–water partition coefficient (Wildman–Crippen LogP) is 4.18. The fraction of sp³-hybridized carbons (Fsp3) is 0.111. The first kappa shape index (κ1) is 19.3. The smallest absolute Gasteiger partial charge is 0.276 e. The molecular formula is C18H14ClFN4O4. The molecule has 0 aliphatic carbocycles. The molecule has 8 nitrogen and oxygen atoms in total. The van der Waals surface area contributed by atoms with E-state index in [1.54, 1.807) is 13.1 Å². The largest absolute Gasteiger partial charge is 0.471 e. The number of carbonyl (C=O) groups excluding carboxylic acids is 1. The second-order valence-electron chi connectivity index (χ2n) is 5.80. The number of non-ortho nitro benzene ring substituents is 1. The number of anilines is 1. The average molecular weight is 405 g/mol. The van der Waals surface area contributed by atoms with Crippen LogP contribution in [0.2, 0.25) is 5.02 Å². The fourth-order valence-corrected chi connectivity index (χ4v) is 2.52. The highest BCUT2D eigenvalue weighted by molar-refractivity contribution is 6.30. The topological polar surface area (TPSA) is 99.3 Å². The standard InChI is InChI=1S/C18H14ClFN4O4/c1-11-8-12(24(26)27)2-5-16(11)21-18(25)17-6-7-23(22-17)10-28-13-3-4-15(20)14(19)9-13/h2-9H,10H2,1H3,(H,21,25). The van der Waals surface area contributed by atoms with Gasteiger partial charge >= 0.3 is 0 Å². The maximum absolute atomic E-state index is 13.1. The molecule has 144 valence electrons. The molecule has 0 unspecified atom stereocenters. The molecule has 0 fully saturated rings. The van der Waals surface area contributed by atoms with Crippen molar-refractivity contribution in [2.24, 2.45) is 0 Å². The second kappa shape index (κ2) is 8.05. The maximum atomic E-state index is 13.1. The number of nitro groups is 1. The third-order valence-corrected chi connectivity index (χ3v) is 4.09. The van der Waals surface area contributed by atoms with E-state index in [9.17, 15) is 19.3 Å². The van der Waals surface area contributed by atoms with Crippen LogP contribution in [0.5, 0.6) is 5.75 Å². The van der Waals surface area contributed by atoms with Crippen LogP contribution in [0.15, 0.2) is 48.7 Å². The summed E-state index contributed by atoms with van der Waals surface area (Å²) in [6.07, 6.45) is 1.54. The summed E-state index contributed by atoms with van der Waals surface area (Å²) in [7, 11) is 0. The van der Waals surface area contributed by atoms with Gasteiger partial charge in [0.25, 0.3) is 11.6 Å². The van der Waals surface area contributed by atoms with Gasteiger partial charge in [0.15, 0.2) is 12.4 Å². The van der Waals surface area contributed by atoms with Crippen LogP contribution in [0.25, 0.3) is 0 Å². The third-order valence-electron chi connectivity index (χ3n) is 3.80. The Kier molecular flexibility index (Phi) is 5.55. The summed E-state index contributed by atoms with van der Waals surface area (Å²) in [4.78, 5) is 22.6. The number of aromatic nitrogens is 2. The molecule has 3 aromatic rings. The van der Waals surface area contributed by atoms with Crippen molar-refractivity contribution in [1.29, 1.82) is 0 Å². The normalized spacial score (nSPS) is 10.5. The van der Waals surface area contributed by atoms with Gasteiger partial charge in [0.05, 0.1) is 9.95 Å². The number of aryl methyl sites for hydroxylation is 1. The highest BCUT2D eigenvalue weighted by Gasteiger charge is 2.14. The van der Waals surface area contributed by atoms with Crippen LogP contribution in [0.3, 0.4) is 0 Å². The van der Waals surface area contributed by atoms with Gasteiger partial charge in [-0.3, -0.25) is 14.9 Å². The van der Waals surface area contributed by atoms with Gasteiger partial charge in [-0.05, 0) is 36.8 Å². The Balaban J connectivity index is 1.63. The summed E-state index contributed by atoms with van der Waals surface area (Å²) >= 11 is 5.69. The Hall–Kier alpha value is -3.46. The lowest BCUT2D eigenvalue weighted by Gasteiger charge is -2.08. The molecule has 1 aromatic heterocycles. The van der Waals surface area contributed by atoms with Crippen molar-refractivity contribution < 1.29 is 18.8 Å². The summed E-state index contributed by atoms with van der Waals surface area (Å²) in [5.74, 6) is -0.663. The van der Waals surface area contributed by atoms with Gasteiger partial charge in [0.2, 0.25) is 0 Å². The Morgan fingerprint density at radius 3 is 2.79 bits per heavy atom. The number of halogens is 2. The third kappa shape index (κ3) is 4.44. The maximum Gasteiger partial charge on any atom is 0.276 e. The molecule has 1 amide bonds. The number of nitro benzene ring substituents is 1. The van der Waals surface area contributed by atoms with Gasteiger partial charge in [0, 0.05) is 30.1 Å². The Morgan fingerprint density at radius 1 is 1.32 bits per heavy atom. The van der Waals surface area contributed by atoms with Crippen molar-refractivity contribution in [3.05, 3.63) is 80.9 Å². The lowest BCUT2D eigenvalue weighted by molar-refractivity contribution is -0.384. The molecule has 3 rings (SSSR count). The molecule has 0 radical (unpaired) electrons. The molecule has 0 atom stereocenters. The van der Waals surface area contributed by atoms with Crippen LogP contribution in [0.4, 0.5) is 15.8 Å². The van der Waals surface area contributed by atoms with Crippen LogP contribution in [-0.4, -0.2) is 20.6 Å². The molecule has 2 aromatic carbocycles. The van der Waals surface area contributed by atoms with Crippen LogP contribution in [0, 0.1) is 22.9 Å². The molecule has 28 heavy (non-hydrogen) atoms. The van der Waals surface area contributed by atoms with E-state index in [-0.39, 0.29) is 23.1 Å². The quantitative estimate of drug-likeness (QED) is 0.490. The lowest BCUT2D eigenvalue weighted by atomic mass is 10.1. The van der Waals surface area contributed by atoms with E-state index >= 15 is 0 Å². The molecule has 0 aliphatic heterocycles. The monoisotopic (exact) mass is 404 g/mol. The minimum Gasteiger partial charge on any atom is -0.471 e. The summed E-state index contributed by atoms with van der Waals surface area (Å²) in [5, 5.41) is 17.5. The predicted molar refractivity (Wildman–Crippen MR) is 100 cm³/mol. The number of rotatable bonds is 6. The number of hydrogen-bond donors (Lipinski definition) is 1. The summed E-state index contributed by atoms with van der Waals surface area (Å²) < 4.78 is 20.0. The molecule has 0 saturated carbocycles. The highest BCUT2D eigenvalue weighted by atomic mass is 35.5. The highest BCUT2D eigenvalue weighted by Crippen LogP contribution is 2.22. The van der Waals surface area contributed by atoms with Crippen molar-refractivity contribution in [3.8, 4) is 5.75 Å². The van der Waals surface area contributed by atoms with Gasteiger partial charge in [-0.2, -0.15) is 5.10 Å². The average Bonchev–Trinajstić information content (AvgIpc) is 3.13. The summed E-state index contributed by atoms with van der Waals surface area (Å²) in [5.41, 5.74) is 1.08. The zero-order valence-corrected chi connectivity index (χ0v) is 15.3.